The van der Waals surface area contributed by atoms with Crippen LogP contribution in [0.4, 0.5) is 0 Å². The van der Waals surface area contributed by atoms with E-state index in [1.807, 2.05) is 0 Å². The van der Waals surface area contributed by atoms with Crippen LogP contribution in [0.15, 0.2) is 0 Å². The van der Waals surface area contributed by atoms with Crippen molar-refractivity contribution in [3.8, 4) is 0 Å². The van der Waals surface area contributed by atoms with Gasteiger partial charge < -0.3 is 20.3 Å². The zero-order valence-corrected chi connectivity index (χ0v) is 9.87. The Kier molecular flexibility index (Phi) is 4.15. The molecule has 2 rings (SSSR count). The van der Waals surface area contributed by atoms with Crippen LogP contribution >= 0.6 is 0 Å². The molecule has 2 aliphatic rings. The van der Waals surface area contributed by atoms with Gasteiger partial charge in [-0.05, 0) is 26.4 Å². The van der Waals surface area contributed by atoms with E-state index in [1.165, 1.54) is 0 Å². The molecule has 2 atom stereocenters. The van der Waals surface area contributed by atoms with Gasteiger partial charge in [0.1, 0.15) is 6.10 Å². The molecule has 5 heteroatoms. The molecule has 5 nitrogen and oxygen atoms in total. The third-order valence-corrected chi connectivity index (χ3v) is 3.19. The van der Waals surface area contributed by atoms with E-state index in [1.54, 1.807) is 0 Å². The van der Waals surface area contributed by atoms with Crippen LogP contribution in [0.1, 0.15) is 12.8 Å². The van der Waals surface area contributed by atoms with E-state index in [2.05, 4.69) is 22.6 Å². The third-order valence-electron chi connectivity index (χ3n) is 3.19. The minimum Gasteiger partial charge on any atom is -0.366 e. The summed E-state index contributed by atoms with van der Waals surface area (Å²) in [5, 5.41) is 6.24. The maximum atomic E-state index is 11.9. The maximum Gasteiger partial charge on any atom is 0.250 e. The molecular formula is C11H21N3O2. The summed E-state index contributed by atoms with van der Waals surface area (Å²) >= 11 is 0. The predicted octanol–water partition coefficient (Wildman–Crippen LogP) is -0.815. The Morgan fingerprint density at radius 3 is 3.12 bits per heavy atom. The van der Waals surface area contributed by atoms with Gasteiger partial charge in [0.15, 0.2) is 0 Å². The molecule has 2 fully saturated rings. The SMILES string of the molecule is CN1CCCC(NC(=O)C2CNCCO2)C1. The molecule has 2 heterocycles. The van der Waals surface area contributed by atoms with Gasteiger partial charge in [-0.25, -0.2) is 0 Å². The van der Waals surface area contributed by atoms with E-state index in [0.29, 0.717) is 13.2 Å². The highest BCUT2D eigenvalue weighted by atomic mass is 16.5. The fourth-order valence-corrected chi connectivity index (χ4v) is 2.31. The lowest BCUT2D eigenvalue weighted by atomic mass is 10.1. The Bertz CT molecular complexity index is 241. The largest absolute Gasteiger partial charge is 0.366 e. The Balaban J connectivity index is 1.77. The summed E-state index contributed by atoms with van der Waals surface area (Å²) < 4.78 is 5.42. The van der Waals surface area contributed by atoms with Crippen LogP contribution in [0.3, 0.4) is 0 Å². The van der Waals surface area contributed by atoms with E-state index in [9.17, 15) is 4.79 Å². The van der Waals surface area contributed by atoms with E-state index < -0.39 is 0 Å². The van der Waals surface area contributed by atoms with Crippen molar-refractivity contribution in [2.24, 2.45) is 0 Å². The van der Waals surface area contributed by atoms with Crippen LogP contribution in [-0.2, 0) is 9.53 Å². The van der Waals surface area contributed by atoms with Crippen LogP contribution in [0.2, 0.25) is 0 Å². The number of hydrogen-bond acceptors (Lipinski definition) is 4. The fourth-order valence-electron chi connectivity index (χ4n) is 2.31. The number of likely N-dealkylation sites (N-methyl/N-ethyl adjacent to an activating group) is 1. The summed E-state index contributed by atoms with van der Waals surface area (Å²) in [7, 11) is 2.09. The van der Waals surface area contributed by atoms with Crippen molar-refractivity contribution in [2.45, 2.75) is 25.0 Å². The second-order valence-corrected chi connectivity index (χ2v) is 4.67. The van der Waals surface area contributed by atoms with Gasteiger partial charge in [0, 0.05) is 25.7 Å². The molecule has 0 radical (unpaired) electrons. The number of hydrogen-bond donors (Lipinski definition) is 2. The van der Waals surface area contributed by atoms with Crippen molar-refractivity contribution < 1.29 is 9.53 Å². The first-order valence-corrected chi connectivity index (χ1v) is 6.07. The number of rotatable bonds is 2. The van der Waals surface area contributed by atoms with E-state index in [0.717, 1.165) is 32.5 Å². The van der Waals surface area contributed by atoms with Gasteiger partial charge in [-0.1, -0.05) is 0 Å². The van der Waals surface area contributed by atoms with Gasteiger partial charge in [-0.15, -0.1) is 0 Å². The Morgan fingerprint density at radius 2 is 2.44 bits per heavy atom. The van der Waals surface area contributed by atoms with Gasteiger partial charge in [-0.3, -0.25) is 4.79 Å². The highest BCUT2D eigenvalue weighted by Crippen LogP contribution is 2.08. The second kappa shape index (κ2) is 5.61. The van der Waals surface area contributed by atoms with Gasteiger partial charge in [0.25, 0.3) is 5.91 Å². The molecule has 0 aromatic heterocycles. The Hall–Kier alpha value is -0.650. The molecule has 0 aromatic rings. The number of nitrogens with zero attached hydrogens (tertiary/aromatic N) is 1. The van der Waals surface area contributed by atoms with Crippen molar-refractivity contribution in [3.63, 3.8) is 0 Å². The number of amides is 1. The van der Waals surface area contributed by atoms with Crippen molar-refractivity contribution in [3.05, 3.63) is 0 Å². The summed E-state index contributed by atoms with van der Waals surface area (Å²) in [6.07, 6.45) is 1.93. The number of ether oxygens (including phenoxy) is 1. The first kappa shape index (κ1) is 11.8. The molecule has 2 aliphatic heterocycles. The van der Waals surface area contributed by atoms with Crippen molar-refractivity contribution in [1.82, 2.24) is 15.5 Å². The van der Waals surface area contributed by atoms with E-state index in [4.69, 9.17) is 4.74 Å². The maximum absolute atomic E-state index is 11.9. The van der Waals surface area contributed by atoms with Crippen LogP contribution in [0, 0.1) is 0 Å². The summed E-state index contributed by atoms with van der Waals surface area (Å²) in [5.74, 6) is 0.0347. The molecule has 0 aliphatic carbocycles. The van der Waals surface area contributed by atoms with Crippen LogP contribution in [0.5, 0.6) is 0 Å². The van der Waals surface area contributed by atoms with Crippen molar-refractivity contribution in [2.75, 3.05) is 39.8 Å². The van der Waals surface area contributed by atoms with Crippen LogP contribution in [0.25, 0.3) is 0 Å². The number of carbonyl (C=O) groups excluding carboxylic acids is 1. The van der Waals surface area contributed by atoms with Crippen LogP contribution in [-0.4, -0.2) is 62.8 Å². The molecule has 2 saturated heterocycles. The standard InChI is InChI=1S/C11H21N3O2/c1-14-5-2-3-9(8-14)13-11(15)10-7-12-4-6-16-10/h9-10,12H,2-8H2,1H3,(H,13,15). The quantitative estimate of drug-likeness (QED) is 0.647. The summed E-state index contributed by atoms with van der Waals surface area (Å²) in [6.45, 7) is 4.19. The van der Waals surface area contributed by atoms with Gasteiger partial charge in [0.2, 0.25) is 0 Å². The predicted molar refractivity (Wildman–Crippen MR) is 61.3 cm³/mol. The molecule has 2 unspecified atom stereocenters. The topological polar surface area (TPSA) is 53.6 Å². The monoisotopic (exact) mass is 227 g/mol. The Labute approximate surface area is 96.5 Å². The average molecular weight is 227 g/mol. The van der Waals surface area contributed by atoms with Crippen LogP contribution < -0.4 is 10.6 Å². The third kappa shape index (κ3) is 3.17. The summed E-state index contributed by atoms with van der Waals surface area (Å²) in [4.78, 5) is 14.1. The second-order valence-electron chi connectivity index (χ2n) is 4.67. The molecule has 0 bridgehead atoms. The number of piperidine rings is 1. The molecule has 0 aromatic carbocycles. The molecule has 92 valence electrons. The zero-order valence-electron chi connectivity index (χ0n) is 9.87. The molecule has 2 N–H and O–H groups in total. The molecule has 16 heavy (non-hydrogen) atoms. The lowest BCUT2D eigenvalue weighted by molar-refractivity contribution is -0.135. The van der Waals surface area contributed by atoms with E-state index in [-0.39, 0.29) is 18.1 Å². The normalized spacial score (nSPS) is 32.3. The van der Waals surface area contributed by atoms with Crippen molar-refractivity contribution in [1.29, 1.82) is 0 Å². The number of nitrogens with one attached hydrogen (secondary N) is 2. The minimum absolute atomic E-state index is 0.0347. The average Bonchev–Trinajstić information content (AvgIpc) is 2.30. The lowest BCUT2D eigenvalue weighted by Gasteiger charge is -2.32. The molecular weight excluding hydrogens is 206 g/mol. The molecule has 0 spiro atoms. The van der Waals surface area contributed by atoms with Gasteiger partial charge >= 0.3 is 0 Å². The minimum atomic E-state index is -0.305. The van der Waals surface area contributed by atoms with E-state index >= 15 is 0 Å². The first-order chi connectivity index (χ1) is 7.75. The molecule has 1 amide bonds. The fraction of sp³-hybridized carbons (Fsp3) is 0.909. The highest BCUT2D eigenvalue weighted by molar-refractivity contribution is 5.81. The first-order valence-electron chi connectivity index (χ1n) is 6.07. The Morgan fingerprint density at radius 1 is 1.56 bits per heavy atom. The lowest BCUT2D eigenvalue weighted by Crippen LogP contribution is -2.53. The highest BCUT2D eigenvalue weighted by Gasteiger charge is 2.25. The van der Waals surface area contributed by atoms with Gasteiger partial charge in [-0.2, -0.15) is 0 Å². The van der Waals surface area contributed by atoms with Crippen molar-refractivity contribution >= 4 is 5.91 Å². The van der Waals surface area contributed by atoms with Gasteiger partial charge in [0.05, 0.1) is 6.61 Å². The number of carbonyl (C=O) groups is 1. The molecule has 0 saturated carbocycles. The summed E-state index contributed by atoms with van der Waals surface area (Å²) in [5.41, 5.74) is 0. The zero-order chi connectivity index (χ0) is 11.4. The smallest absolute Gasteiger partial charge is 0.250 e. The summed E-state index contributed by atoms with van der Waals surface area (Å²) in [6, 6.07) is 0.289. The number of likely N-dealkylation sites (tertiary alicyclic amines) is 1. The number of morpholine rings is 1.